The van der Waals surface area contributed by atoms with Crippen molar-refractivity contribution in [3.8, 4) is 51.0 Å². The molecule has 0 unspecified atom stereocenters. The van der Waals surface area contributed by atoms with Crippen LogP contribution in [0.15, 0.2) is 95.5 Å². The van der Waals surface area contributed by atoms with E-state index < -0.39 is 0 Å². The predicted octanol–water partition coefficient (Wildman–Crippen LogP) is 5.78. The first-order valence-electron chi connectivity index (χ1n) is 9.64. The van der Waals surface area contributed by atoms with Crippen LogP contribution in [0.2, 0.25) is 0 Å². The monoisotopic (exact) mass is 393 g/mol. The van der Waals surface area contributed by atoms with Crippen molar-refractivity contribution in [1.82, 2.24) is 14.8 Å². The molecule has 0 fully saturated rings. The molecular formula is C25H19N3O2. The Hall–Kier alpha value is -4.12. The minimum Gasteiger partial charge on any atom is -0.508 e. The molecule has 0 aliphatic rings. The van der Waals surface area contributed by atoms with Gasteiger partial charge in [-0.3, -0.25) is 4.68 Å². The molecule has 2 heterocycles. The van der Waals surface area contributed by atoms with Crippen LogP contribution in [0.25, 0.3) is 45.3 Å². The summed E-state index contributed by atoms with van der Waals surface area (Å²) >= 11 is 0. The molecule has 0 spiro atoms. The summed E-state index contributed by atoms with van der Waals surface area (Å²) in [6.07, 6.45) is 1.88. The molecule has 5 aromatic rings. The molecule has 2 aromatic heterocycles. The van der Waals surface area contributed by atoms with Gasteiger partial charge in [0.25, 0.3) is 0 Å². The molecule has 1 N–H and O–H groups in total. The number of hydrogen-bond acceptors (Lipinski definition) is 4. The Bertz CT molecular complexity index is 1250. The fraction of sp³-hybridized carbons (Fsp3) is 0.0400. The molecule has 30 heavy (non-hydrogen) atoms. The highest BCUT2D eigenvalue weighted by atomic mass is 16.4. The van der Waals surface area contributed by atoms with E-state index in [9.17, 15) is 5.11 Å². The van der Waals surface area contributed by atoms with E-state index in [1.807, 2.05) is 80.0 Å². The molecule has 5 heteroatoms. The Balaban J connectivity index is 1.71. The Kier molecular flexibility index (Phi) is 4.41. The zero-order chi connectivity index (χ0) is 20.5. The molecule has 146 valence electrons. The zero-order valence-corrected chi connectivity index (χ0v) is 16.4. The van der Waals surface area contributed by atoms with Gasteiger partial charge in [0.2, 0.25) is 5.89 Å². The van der Waals surface area contributed by atoms with Crippen molar-refractivity contribution in [3.63, 3.8) is 0 Å². The van der Waals surface area contributed by atoms with Crippen LogP contribution < -0.4 is 0 Å². The van der Waals surface area contributed by atoms with Crippen LogP contribution in [0, 0.1) is 0 Å². The normalized spacial score (nSPS) is 11.0. The third-order valence-corrected chi connectivity index (χ3v) is 4.89. The lowest BCUT2D eigenvalue weighted by Gasteiger charge is -2.01. The fourth-order valence-corrected chi connectivity index (χ4v) is 3.52. The summed E-state index contributed by atoms with van der Waals surface area (Å²) in [6.45, 7) is 0. The number of aromatic hydroxyl groups is 1. The van der Waals surface area contributed by atoms with Gasteiger partial charge in [-0.25, -0.2) is 4.98 Å². The first-order valence-corrected chi connectivity index (χ1v) is 9.64. The largest absolute Gasteiger partial charge is 0.508 e. The molecule has 0 bridgehead atoms. The Morgan fingerprint density at radius 2 is 1.43 bits per heavy atom. The molecule has 0 atom stereocenters. The van der Waals surface area contributed by atoms with E-state index in [1.165, 1.54) is 0 Å². The predicted molar refractivity (Wildman–Crippen MR) is 117 cm³/mol. The number of phenols is 1. The second-order valence-corrected chi connectivity index (χ2v) is 7.04. The number of aromatic nitrogens is 3. The average molecular weight is 393 g/mol. The number of nitrogens with zero attached hydrogens (tertiary/aromatic N) is 3. The fourth-order valence-electron chi connectivity index (χ4n) is 3.52. The maximum atomic E-state index is 9.91. The Morgan fingerprint density at radius 3 is 2.13 bits per heavy atom. The van der Waals surface area contributed by atoms with Crippen LogP contribution in [0.1, 0.15) is 0 Å². The summed E-state index contributed by atoms with van der Waals surface area (Å²) in [4.78, 5) is 4.87. The quantitative estimate of drug-likeness (QED) is 0.420. The number of rotatable bonds is 4. The van der Waals surface area contributed by atoms with Crippen LogP contribution >= 0.6 is 0 Å². The highest BCUT2D eigenvalue weighted by Gasteiger charge is 2.22. The molecule has 0 aliphatic heterocycles. The van der Waals surface area contributed by atoms with Crippen LogP contribution in [0.3, 0.4) is 0 Å². The topological polar surface area (TPSA) is 64.1 Å². The van der Waals surface area contributed by atoms with Gasteiger partial charge in [0.1, 0.15) is 17.1 Å². The van der Waals surface area contributed by atoms with Gasteiger partial charge in [0, 0.05) is 29.9 Å². The van der Waals surface area contributed by atoms with E-state index in [4.69, 9.17) is 9.40 Å². The first kappa shape index (κ1) is 17.9. The average Bonchev–Trinajstić information content (AvgIpc) is 3.39. The van der Waals surface area contributed by atoms with E-state index in [-0.39, 0.29) is 5.75 Å². The van der Waals surface area contributed by atoms with Crippen molar-refractivity contribution < 1.29 is 9.52 Å². The highest BCUT2D eigenvalue weighted by molar-refractivity contribution is 5.82. The second kappa shape index (κ2) is 7.37. The van der Waals surface area contributed by atoms with Crippen molar-refractivity contribution in [2.45, 2.75) is 0 Å². The van der Waals surface area contributed by atoms with Crippen molar-refractivity contribution in [3.05, 3.63) is 91.1 Å². The lowest BCUT2D eigenvalue weighted by molar-refractivity contribution is 0.475. The summed E-state index contributed by atoms with van der Waals surface area (Å²) in [5.41, 5.74) is 4.98. The van der Waals surface area contributed by atoms with Crippen molar-refractivity contribution in [2.24, 2.45) is 7.05 Å². The third kappa shape index (κ3) is 3.26. The van der Waals surface area contributed by atoms with Crippen LogP contribution in [0.4, 0.5) is 0 Å². The standard InChI is InChI=1S/C25H19N3O2/c1-28-16-21(22(27-28)19-13-8-14-20(29)15-19)25-26-23(17-9-4-2-5-10-17)24(30-25)18-11-6-3-7-12-18/h2-16,29H,1H3. The van der Waals surface area contributed by atoms with Crippen LogP contribution in [-0.4, -0.2) is 19.9 Å². The summed E-state index contributed by atoms with van der Waals surface area (Å²) in [7, 11) is 1.86. The number of oxazole rings is 1. The molecule has 5 rings (SSSR count). The Labute approximate surface area is 173 Å². The number of phenolic OH excluding ortho intramolecular Hbond substituents is 1. The molecule has 0 radical (unpaired) electrons. The second-order valence-electron chi connectivity index (χ2n) is 7.04. The van der Waals surface area contributed by atoms with Crippen molar-refractivity contribution in [2.75, 3.05) is 0 Å². The lowest BCUT2D eigenvalue weighted by Crippen LogP contribution is -1.87. The van der Waals surface area contributed by atoms with Crippen molar-refractivity contribution in [1.29, 1.82) is 0 Å². The zero-order valence-electron chi connectivity index (χ0n) is 16.4. The van der Waals surface area contributed by atoms with Gasteiger partial charge < -0.3 is 9.52 Å². The maximum absolute atomic E-state index is 9.91. The van der Waals surface area contributed by atoms with Crippen molar-refractivity contribution >= 4 is 0 Å². The van der Waals surface area contributed by atoms with Gasteiger partial charge in [0.05, 0.1) is 5.56 Å². The van der Waals surface area contributed by atoms with Gasteiger partial charge >= 0.3 is 0 Å². The minimum atomic E-state index is 0.187. The van der Waals surface area contributed by atoms with Gasteiger partial charge in [-0.05, 0) is 12.1 Å². The van der Waals surface area contributed by atoms with Gasteiger partial charge in [-0.1, -0.05) is 72.8 Å². The van der Waals surface area contributed by atoms with Gasteiger partial charge in [0.15, 0.2) is 5.76 Å². The first-order chi connectivity index (χ1) is 14.7. The van der Waals surface area contributed by atoms with Gasteiger partial charge in [-0.15, -0.1) is 0 Å². The highest BCUT2D eigenvalue weighted by Crippen LogP contribution is 2.38. The summed E-state index contributed by atoms with van der Waals surface area (Å²) in [5, 5.41) is 14.5. The van der Waals surface area contributed by atoms with Crippen LogP contribution in [-0.2, 0) is 7.05 Å². The molecule has 0 saturated heterocycles. The molecule has 3 aromatic carbocycles. The molecule has 0 aliphatic carbocycles. The summed E-state index contributed by atoms with van der Waals surface area (Å²) < 4.78 is 8.05. The minimum absolute atomic E-state index is 0.187. The van der Waals surface area contributed by atoms with E-state index in [1.54, 1.807) is 22.9 Å². The Morgan fingerprint density at radius 1 is 0.767 bits per heavy atom. The smallest absolute Gasteiger partial charge is 0.231 e. The molecule has 0 saturated carbocycles. The lowest BCUT2D eigenvalue weighted by atomic mass is 10.1. The maximum Gasteiger partial charge on any atom is 0.231 e. The van der Waals surface area contributed by atoms with Gasteiger partial charge in [-0.2, -0.15) is 5.10 Å². The SMILES string of the molecule is Cn1cc(-c2nc(-c3ccccc3)c(-c3ccccc3)o2)c(-c2cccc(O)c2)n1. The summed E-state index contributed by atoms with van der Waals surface area (Å²) in [5.74, 6) is 1.38. The molecular weight excluding hydrogens is 374 g/mol. The molecule has 5 nitrogen and oxygen atoms in total. The number of hydrogen-bond donors (Lipinski definition) is 1. The van der Waals surface area contributed by atoms with E-state index in [0.717, 1.165) is 27.9 Å². The van der Waals surface area contributed by atoms with E-state index >= 15 is 0 Å². The number of aryl methyl sites for hydroxylation is 1. The van der Waals surface area contributed by atoms with E-state index in [2.05, 4.69) is 5.10 Å². The summed E-state index contributed by atoms with van der Waals surface area (Å²) in [6, 6.07) is 27.0. The van der Waals surface area contributed by atoms with Crippen LogP contribution in [0.5, 0.6) is 5.75 Å². The number of benzene rings is 3. The van der Waals surface area contributed by atoms with E-state index in [0.29, 0.717) is 17.3 Å². The third-order valence-electron chi connectivity index (χ3n) is 4.89. The molecule has 0 amide bonds.